The van der Waals surface area contributed by atoms with E-state index >= 15 is 0 Å². The van der Waals surface area contributed by atoms with E-state index in [2.05, 4.69) is 0 Å². The molecule has 1 aliphatic carbocycles. The Kier molecular flexibility index (Phi) is 2.78. The summed E-state index contributed by atoms with van der Waals surface area (Å²) in [5, 5.41) is 0. The first kappa shape index (κ1) is 11.2. The zero-order valence-electron chi connectivity index (χ0n) is 9.92. The molecule has 1 aromatic carbocycles. The molecule has 0 amide bonds. The number of halogens is 1. The maximum absolute atomic E-state index is 13.9. The Morgan fingerprint density at radius 3 is 2.38 bits per heavy atom. The molecule has 2 nitrogen and oxygen atoms in total. The topological polar surface area (TPSA) is 18.5 Å². The summed E-state index contributed by atoms with van der Waals surface area (Å²) in [4.78, 5) is 0. The van der Waals surface area contributed by atoms with E-state index in [9.17, 15) is 4.39 Å². The van der Waals surface area contributed by atoms with Crippen molar-refractivity contribution in [2.45, 2.75) is 45.3 Å². The summed E-state index contributed by atoms with van der Waals surface area (Å²) in [7, 11) is 0. The third-order valence-corrected chi connectivity index (χ3v) is 2.16. The van der Waals surface area contributed by atoms with Crippen LogP contribution in [-0.4, -0.2) is 11.7 Å². The second-order valence-corrected chi connectivity index (χ2v) is 5.10. The molecule has 1 aromatic rings. The Hall–Kier alpha value is -1.25. The second kappa shape index (κ2) is 3.96. The van der Waals surface area contributed by atoms with Crippen LogP contribution in [0.5, 0.6) is 11.5 Å². The molecule has 0 radical (unpaired) electrons. The quantitative estimate of drug-likeness (QED) is 0.781. The van der Waals surface area contributed by atoms with Gasteiger partial charge in [-0.3, -0.25) is 0 Å². The van der Waals surface area contributed by atoms with Crippen molar-refractivity contribution in [3.63, 3.8) is 0 Å². The van der Waals surface area contributed by atoms with Gasteiger partial charge in [-0.2, -0.15) is 4.39 Å². The molecule has 0 aliphatic heterocycles. The Labute approximate surface area is 95.4 Å². The summed E-state index contributed by atoms with van der Waals surface area (Å²) in [5.74, 6) is 0.152. The zero-order valence-corrected chi connectivity index (χ0v) is 9.92. The summed E-state index contributed by atoms with van der Waals surface area (Å²) in [6, 6.07) is 5.02. The van der Waals surface area contributed by atoms with E-state index in [-0.39, 0.29) is 11.9 Å². The van der Waals surface area contributed by atoms with Gasteiger partial charge in [-0.15, -0.1) is 0 Å². The molecule has 16 heavy (non-hydrogen) atoms. The van der Waals surface area contributed by atoms with Crippen LogP contribution in [0.1, 0.15) is 33.6 Å². The lowest BCUT2D eigenvalue weighted by atomic mass is 10.2. The summed E-state index contributed by atoms with van der Waals surface area (Å²) in [5.41, 5.74) is -0.404. The molecule has 0 spiro atoms. The smallest absolute Gasteiger partial charge is 0.206 e. The lowest BCUT2D eigenvalue weighted by Crippen LogP contribution is -2.23. The molecule has 0 bridgehead atoms. The molecule has 0 aromatic heterocycles. The third kappa shape index (κ3) is 2.87. The van der Waals surface area contributed by atoms with Crippen molar-refractivity contribution >= 4 is 0 Å². The van der Waals surface area contributed by atoms with E-state index in [0.717, 1.165) is 12.8 Å². The van der Waals surface area contributed by atoms with Gasteiger partial charge < -0.3 is 9.47 Å². The second-order valence-electron chi connectivity index (χ2n) is 5.10. The van der Waals surface area contributed by atoms with Gasteiger partial charge in [0.1, 0.15) is 5.60 Å². The van der Waals surface area contributed by atoms with E-state index in [0.29, 0.717) is 5.75 Å². The molecule has 1 saturated carbocycles. The minimum absolute atomic E-state index is 0.194. The van der Waals surface area contributed by atoms with Crippen molar-refractivity contribution in [3.05, 3.63) is 24.0 Å². The van der Waals surface area contributed by atoms with Crippen LogP contribution in [0.2, 0.25) is 0 Å². The lowest BCUT2D eigenvalue weighted by Gasteiger charge is -2.22. The van der Waals surface area contributed by atoms with E-state index in [1.54, 1.807) is 18.2 Å². The molecule has 0 N–H and O–H groups in total. The van der Waals surface area contributed by atoms with Crippen molar-refractivity contribution in [2.75, 3.05) is 0 Å². The largest absolute Gasteiger partial charge is 0.487 e. The first-order valence-corrected chi connectivity index (χ1v) is 5.60. The number of rotatable bonds is 3. The lowest BCUT2D eigenvalue weighted by molar-refractivity contribution is 0.122. The Balaban J connectivity index is 2.18. The monoisotopic (exact) mass is 224 g/mol. The fraction of sp³-hybridized carbons (Fsp3) is 0.538. The molecule has 88 valence electrons. The predicted molar refractivity (Wildman–Crippen MR) is 60.4 cm³/mol. The highest BCUT2D eigenvalue weighted by molar-refractivity contribution is 5.36. The van der Waals surface area contributed by atoms with Gasteiger partial charge in [-0.1, -0.05) is 6.07 Å². The van der Waals surface area contributed by atoms with Gasteiger partial charge >= 0.3 is 0 Å². The molecule has 2 rings (SSSR count). The van der Waals surface area contributed by atoms with Gasteiger partial charge in [0.25, 0.3) is 0 Å². The molecule has 0 unspecified atom stereocenters. The third-order valence-electron chi connectivity index (χ3n) is 2.16. The first-order chi connectivity index (χ1) is 7.46. The van der Waals surface area contributed by atoms with Crippen LogP contribution in [0.4, 0.5) is 4.39 Å². The van der Waals surface area contributed by atoms with Crippen molar-refractivity contribution in [1.82, 2.24) is 0 Å². The Bertz CT molecular complexity index is 378. The SMILES string of the molecule is CC(C)(C)Oc1cccc(OC2CC2)c1F. The van der Waals surface area contributed by atoms with E-state index in [1.807, 2.05) is 20.8 Å². The van der Waals surface area contributed by atoms with Crippen LogP contribution in [-0.2, 0) is 0 Å². The van der Waals surface area contributed by atoms with E-state index < -0.39 is 11.4 Å². The average molecular weight is 224 g/mol. The Morgan fingerprint density at radius 1 is 1.19 bits per heavy atom. The Morgan fingerprint density at radius 2 is 1.81 bits per heavy atom. The van der Waals surface area contributed by atoms with Gasteiger partial charge in [0.05, 0.1) is 6.10 Å². The molecule has 1 fully saturated rings. The summed E-state index contributed by atoms with van der Waals surface area (Å²) < 4.78 is 24.9. The predicted octanol–water partition coefficient (Wildman–Crippen LogP) is 3.54. The highest BCUT2D eigenvalue weighted by atomic mass is 19.1. The van der Waals surface area contributed by atoms with Gasteiger partial charge in [0.15, 0.2) is 11.5 Å². The summed E-state index contributed by atoms with van der Waals surface area (Å²) in [6.07, 6.45) is 2.23. The van der Waals surface area contributed by atoms with E-state index in [4.69, 9.17) is 9.47 Å². The first-order valence-electron chi connectivity index (χ1n) is 5.60. The van der Waals surface area contributed by atoms with Gasteiger partial charge in [-0.25, -0.2) is 0 Å². The summed E-state index contributed by atoms with van der Waals surface area (Å²) in [6.45, 7) is 5.67. The van der Waals surface area contributed by atoms with Crippen LogP contribution in [0.3, 0.4) is 0 Å². The van der Waals surface area contributed by atoms with Crippen LogP contribution in [0.15, 0.2) is 18.2 Å². The van der Waals surface area contributed by atoms with E-state index in [1.165, 1.54) is 0 Å². The minimum Gasteiger partial charge on any atom is -0.487 e. The number of hydrogen-bond acceptors (Lipinski definition) is 2. The number of benzene rings is 1. The molecule has 3 heteroatoms. The fourth-order valence-electron chi connectivity index (χ4n) is 1.36. The normalized spacial score (nSPS) is 16.0. The van der Waals surface area contributed by atoms with Gasteiger partial charge in [-0.05, 0) is 45.7 Å². The van der Waals surface area contributed by atoms with Gasteiger partial charge in [0.2, 0.25) is 5.82 Å². The molecule has 0 heterocycles. The molecule has 0 saturated heterocycles. The highest BCUT2D eigenvalue weighted by Crippen LogP contribution is 2.33. The van der Waals surface area contributed by atoms with Crippen molar-refractivity contribution in [1.29, 1.82) is 0 Å². The van der Waals surface area contributed by atoms with Crippen LogP contribution >= 0.6 is 0 Å². The van der Waals surface area contributed by atoms with Crippen molar-refractivity contribution in [3.8, 4) is 11.5 Å². The van der Waals surface area contributed by atoms with Crippen LogP contribution in [0.25, 0.3) is 0 Å². The zero-order chi connectivity index (χ0) is 11.8. The highest BCUT2D eigenvalue weighted by Gasteiger charge is 2.26. The molecular weight excluding hydrogens is 207 g/mol. The molecular formula is C13H17FO2. The summed E-state index contributed by atoms with van der Waals surface area (Å²) >= 11 is 0. The maximum Gasteiger partial charge on any atom is 0.206 e. The van der Waals surface area contributed by atoms with Crippen molar-refractivity contribution < 1.29 is 13.9 Å². The number of ether oxygens (including phenoxy) is 2. The molecule has 0 atom stereocenters. The van der Waals surface area contributed by atoms with Gasteiger partial charge in [0, 0.05) is 0 Å². The fourth-order valence-corrected chi connectivity index (χ4v) is 1.36. The maximum atomic E-state index is 13.9. The number of hydrogen-bond donors (Lipinski definition) is 0. The standard InChI is InChI=1S/C13H17FO2/c1-13(2,3)16-11-6-4-5-10(12(11)14)15-9-7-8-9/h4-6,9H,7-8H2,1-3H3. The minimum atomic E-state index is -0.404. The average Bonchev–Trinajstić information content (AvgIpc) is 2.93. The molecule has 1 aliphatic rings. The van der Waals surface area contributed by atoms with Crippen molar-refractivity contribution in [2.24, 2.45) is 0 Å². The van der Waals surface area contributed by atoms with Crippen LogP contribution < -0.4 is 9.47 Å². The van der Waals surface area contributed by atoms with Crippen LogP contribution in [0, 0.1) is 5.82 Å².